The van der Waals surface area contributed by atoms with Gasteiger partial charge in [0.2, 0.25) is 0 Å². The molecule has 6 unspecified atom stereocenters. The first-order chi connectivity index (χ1) is 16.8. The standard InChI is InChI=1S/C33H50P2/c1-24(2)30-19-17-26(5)21-32(30)35(33-22-27(6)18-20-31(33)25(3)4)23-34(28-13-9-7-10-14-28)29-15-11-8-12-16-29/h7-16,24-27,30-33H,17-23H2,1-6H3. The second kappa shape index (κ2) is 12.7. The fraction of sp³-hybridized carbons (Fsp3) is 0.636. The molecule has 2 aromatic rings. The van der Waals surface area contributed by atoms with Gasteiger partial charge >= 0.3 is 0 Å². The largest absolute Gasteiger partial charge is 0.0947 e. The van der Waals surface area contributed by atoms with Crippen LogP contribution in [0.4, 0.5) is 0 Å². The van der Waals surface area contributed by atoms with Crippen LogP contribution in [0.2, 0.25) is 0 Å². The van der Waals surface area contributed by atoms with E-state index in [0.29, 0.717) is 0 Å². The zero-order valence-electron chi connectivity index (χ0n) is 23.2. The first kappa shape index (κ1) is 27.3. The highest BCUT2D eigenvalue weighted by molar-refractivity contribution is 7.83. The monoisotopic (exact) mass is 508 g/mol. The summed E-state index contributed by atoms with van der Waals surface area (Å²) in [6.45, 7) is 15.2. The Balaban J connectivity index is 1.78. The van der Waals surface area contributed by atoms with Crippen molar-refractivity contribution in [2.24, 2.45) is 35.5 Å². The van der Waals surface area contributed by atoms with Gasteiger partial charge in [0.1, 0.15) is 0 Å². The maximum atomic E-state index is 2.55. The Morgan fingerprint density at radius 1 is 0.629 bits per heavy atom. The Kier molecular flexibility index (Phi) is 9.92. The maximum Gasteiger partial charge on any atom is -0.00348 e. The highest BCUT2D eigenvalue weighted by Gasteiger charge is 2.44. The number of hydrogen-bond acceptors (Lipinski definition) is 0. The van der Waals surface area contributed by atoms with Crippen molar-refractivity contribution < 1.29 is 0 Å². The Morgan fingerprint density at radius 3 is 1.40 bits per heavy atom. The molecule has 0 aromatic heterocycles. The molecule has 2 aliphatic rings. The topological polar surface area (TPSA) is 0 Å². The quantitative estimate of drug-likeness (QED) is 0.312. The molecule has 0 heterocycles. The second-order valence-corrected chi connectivity index (χ2v) is 17.9. The van der Waals surface area contributed by atoms with E-state index in [9.17, 15) is 0 Å². The summed E-state index contributed by atoms with van der Waals surface area (Å²) >= 11 is 0. The van der Waals surface area contributed by atoms with Gasteiger partial charge in [0.05, 0.1) is 0 Å². The molecule has 2 saturated carbocycles. The van der Waals surface area contributed by atoms with Crippen molar-refractivity contribution in [1.29, 1.82) is 0 Å². The normalized spacial score (nSPS) is 30.7. The minimum absolute atomic E-state index is 0.0515. The fourth-order valence-corrected chi connectivity index (χ4v) is 16.6. The van der Waals surface area contributed by atoms with Crippen molar-refractivity contribution >= 4 is 26.5 Å². The van der Waals surface area contributed by atoms with Crippen LogP contribution in [0.15, 0.2) is 60.7 Å². The van der Waals surface area contributed by atoms with E-state index in [4.69, 9.17) is 0 Å². The van der Waals surface area contributed by atoms with E-state index < -0.39 is 0 Å². The lowest BCUT2D eigenvalue weighted by Gasteiger charge is -2.50. The zero-order valence-corrected chi connectivity index (χ0v) is 25.0. The van der Waals surface area contributed by atoms with Crippen LogP contribution in [-0.4, -0.2) is 17.2 Å². The third-order valence-electron chi connectivity index (χ3n) is 9.27. The molecule has 2 fully saturated rings. The number of rotatable bonds is 8. The molecule has 0 aliphatic heterocycles. The van der Waals surface area contributed by atoms with Gasteiger partial charge in [-0.2, -0.15) is 0 Å². The molecule has 0 radical (unpaired) electrons. The summed E-state index contributed by atoms with van der Waals surface area (Å²) in [5.41, 5.74) is 1.89. The molecule has 0 N–H and O–H groups in total. The van der Waals surface area contributed by atoms with Gasteiger partial charge in [-0.3, -0.25) is 0 Å². The second-order valence-electron chi connectivity index (χ2n) is 12.5. The Labute approximate surface area is 219 Å². The lowest BCUT2D eigenvalue weighted by atomic mass is 9.76. The predicted octanol–water partition coefficient (Wildman–Crippen LogP) is 9.48. The smallest absolute Gasteiger partial charge is 0.00348 e. The Bertz CT molecular complexity index is 805. The average Bonchev–Trinajstić information content (AvgIpc) is 2.85. The lowest BCUT2D eigenvalue weighted by Crippen LogP contribution is -2.39. The van der Waals surface area contributed by atoms with Crippen molar-refractivity contribution in [2.75, 3.05) is 5.90 Å². The SMILES string of the molecule is CC1CCC(C(C)C)C(P(CP(c2ccccc2)c2ccccc2)C2CC(C)CCC2C(C)C)C1. The van der Waals surface area contributed by atoms with Crippen molar-refractivity contribution in [3.05, 3.63) is 60.7 Å². The van der Waals surface area contributed by atoms with E-state index in [1.54, 1.807) is 10.6 Å². The van der Waals surface area contributed by atoms with Gasteiger partial charge < -0.3 is 0 Å². The summed E-state index contributed by atoms with van der Waals surface area (Å²) in [5.74, 6) is 6.72. The van der Waals surface area contributed by atoms with E-state index in [-0.39, 0.29) is 15.8 Å². The first-order valence-corrected chi connectivity index (χ1v) is 17.7. The third kappa shape index (κ3) is 6.79. The maximum absolute atomic E-state index is 2.55. The molecular formula is C33H50P2. The van der Waals surface area contributed by atoms with Crippen LogP contribution in [-0.2, 0) is 0 Å². The highest BCUT2D eigenvalue weighted by Crippen LogP contribution is 2.65. The van der Waals surface area contributed by atoms with Gasteiger partial charge in [0.25, 0.3) is 0 Å². The molecule has 0 spiro atoms. The molecule has 6 atom stereocenters. The molecule has 0 saturated heterocycles. The van der Waals surface area contributed by atoms with Gasteiger partial charge in [0, 0.05) is 0 Å². The molecule has 192 valence electrons. The van der Waals surface area contributed by atoms with Crippen LogP contribution < -0.4 is 10.6 Å². The minimum Gasteiger partial charge on any atom is -0.0947 e. The molecule has 2 heteroatoms. The van der Waals surface area contributed by atoms with E-state index >= 15 is 0 Å². The van der Waals surface area contributed by atoms with E-state index in [2.05, 4.69) is 102 Å². The van der Waals surface area contributed by atoms with E-state index in [1.807, 2.05) is 0 Å². The molecule has 2 aromatic carbocycles. The summed E-state index contributed by atoms with van der Waals surface area (Å²) in [4.78, 5) is 0. The van der Waals surface area contributed by atoms with Crippen molar-refractivity contribution in [3.63, 3.8) is 0 Å². The molecular weight excluding hydrogens is 458 g/mol. The molecule has 0 amide bonds. The van der Waals surface area contributed by atoms with Gasteiger partial charge in [-0.25, -0.2) is 0 Å². The lowest BCUT2D eigenvalue weighted by molar-refractivity contribution is 0.223. The van der Waals surface area contributed by atoms with Gasteiger partial charge in [0.15, 0.2) is 0 Å². The summed E-state index contributed by atoms with van der Waals surface area (Å²) in [6, 6.07) is 23.2. The molecule has 4 rings (SSSR count). The van der Waals surface area contributed by atoms with Gasteiger partial charge in [-0.05, 0) is 96.9 Å². The summed E-state index contributed by atoms with van der Waals surface area (Å²) in [7, 11) is -0.368. The van der Waals surface area contributed by atoms with Crippen molar-refractivity contribution in [3.8, 4) is 0 Å². The molecule has 0 bridgehead atoms. The summed E-state index contributed by atoms with van der Waals surface area (Å²) in [6.07, 6.45) is 8.79. The van der Waals surface area contributed by atoms with Gasteiger partial charge in [-0.1, -0.05) is 123 Å². The fourth-order valence-electron chi connectivity index (χ4n) is 7.21. The number of hydrogen-bond donors (Lipinski definition) is 0. The van der Waals surface area contributed by atoms with Crippen molar-refractivity contribution in [2.45, 2.75) is 91.4 Å². The van der Waals surface area contributed by atoms with Crippen LogP contribution in [0.25, 0.3) is 0 Å². The third-order valence-corrected chi connectivity index (χ3v) is 16.4. The Hall–Kier alpha value is -0.700. The van der Waals surface area contributed by atoms with Crippen molar-refractivity contribution in [1.82, 2.24) is 0 Å². The Morgan fingerprint density at radius 2 is 1.03 bits per heavy atom. The number of benzene rings is 2. The first-order valence-electron chi connectivity index (χ1n) is 14.5. The molecule has 2 aliphatic carbocycles. The van der Waals surface area contributed by atoms with Crippen LogP contribution in [0.5, 0.6) is 0 Å². The summed E-state index contributed by atoms with van der Waals surface area (Å²) < 4.78 is 0. The molecule has 35 heavy (non-hydrogen) atoms. The van der Waals surface area contributed by atoms with Gasteiger partial charge in [-0.15, -0.1) is 0 Å². The highest BCUT2D eigenvalue weighted by atomic mass is 31.2. The molecule has 0 nitrogen and oxygen atoms in total. The minimum atomic E-state index is -0.316. The summed E-state index contributed by atoms with van der Waals surface area (Å²) in [5, 5.41) is 3.19. The van der Waals surface area contributed by atoms with Crippen LogP contribution in [0.3, 0.4) is 0 Å². The van der Waals surface area contributed by atoms with E-state index in [0.717, 1.165) is 46.8 Å². The van der Waals surface area contributed by atoms with E-state index in [1.165, 1.54) is 44.4 Å². The predicted molar refractivity (Wildman–Crippen MR) is 161 cm³/mol. The van der Waals surface area contributed by atoms with Crippen LogP contribution in [0, 0.1) is 35.5 Å². The van der Waals surface area contributed by atoms with Crippen LogP contribution >= 0.6 is 15.8 Å². The zero-order chi connectivity index (χ0) is 24.9. The average molecular weight is 509 g/mol. The van der Waals surface area contributed by atoms with Crippen LogP contribution in [0.1, 0.15) is 80.1 Å².